The number of hydrogen-bond donors (Lipinski definition) is 3. The van der Waals surface area contributed by atoms with E-state index in [1.807, 2.05) is 0 Å². The van der Waals surface area contributed by atoms with E-state index >= 15 is 0 Å². The van der Waals surface area contributed by atoms with E-state index in [1.54, 1.807) is 0 Å². The summed E-state index contributed by atoms with van der Waals surface area (Å²) in [4.78, 5) is 72.5. The molecule has 0 aliphatic rings. The number of phosphoric acid groups is 2. The van der Waals surface area contributed by atoms with Gasteiger partial charge >= 0.3 is 39.5 Å². The van der Waals surface area contributed by atoms with Gasteiger partial charge in [0, 0.05) is 25.7 Å². The molecule has 0 radical (unpaired) electrons. The minimum absolute atomic E-state index is 0.105. The Bertz CT molecular complexity index is 1760. The average Bonchev–Trinajstić information content (AvgIpc) is 3.65. The van der Waals surface area contributed by atoms with E-state index < -0.39 is 97.5 Å². The summed E-state index contributed by atoms with van der Waals surface area (Å²) in [5, 5.41) is 10.6. The SMILES string of the molecule is CC(C)CCCCCCCCCCCCCCCC(=O)O[C@H](COC(=O)CCCCCCCCC(C)C)COP(=O)(O)OC[C@H](O)COP(=O)(O)OC[C@@H](COC(=O)CCCCCCCCC(C)C)OC(=O)CCCCCCCCCCCCCCC(C)C. The number of carbonyl (C=O) groups excluding carboxylic acids is 4. The first-order chi connectivity index (χ1) is 42.6. The molecule has 0 saturated heterocycles. The zero-order valence-electron chi connectivity index (χ0n) is 58.1. The summed E-state index contributed by atoms with van der Waals surface area (Å²) in [6, 6.07) is 0. The van der Waals surface area contributed by atoms with E-state index in [-0.39, 0.29) is 25.7 Å². The van der Waals surface area contributed by atoms with Crippen molar-refractivity contribution in [3.8, 4) is 0 Å². The van der Waals surface area contributed by atoms with Gasteiger partial charge in [0.2, 0.25) is 0 Å². The molecule has 0 aliphatic carbocycles. The van der Waals surface area contributed by atoms with Gasteiger partial charge in [0.15, 0.2) is 12.2 Å². The van der Waals surface area contributed by atoms with Gasteiger partial charge in [0.1, 0.15) is 19.3 Å². The Morgan fingerprint density at radius 1 is 0.281 bits per heavy atom. The lowest BCUT2D eigenvalue weighted by molar-refractivity contribution is -0.161. The second-order valence-electron chi connectivity index (χ2n) is 27.2. The monoisotopic (exact) mass is 1310 g/mol. The first-order valence-corrected chi connectivity index (χ1v) is 39.2. The highest BCUT2D eigenvalue weighted by molar-refractivity contribution is 7.47. The molecule has 0 heterocycles. The van der Waals surface area contributed by atoms with E-state index in [4.69, 9.17) is 37.0 Å². The fourth-order valence-corrected chi connectivity index (χ4v) is 12.1. The molecule has 0 aliphatic heterocycles. The number of ether oxygens (including phenoxy) is 4. The number of aliphatic hydroxyl groups excluding tert-OH is 1. The van der Waals surface area contributed by atoms with Crippen molar-refractivity contribution in [3.05, 3.63) is 0 Å². The third-order valence-electron chi connectivity index (χ3n) is 16.1. The van der Waals surface area contributed by atoms with Gasteiger partial charge in [-0.2, -0.15) is 0 Å². The van der Waals surface area contributed by atoms with Crippen molar-refractivity contribution in [2.75, 3.05) is 39.6 Å². The van der Waals surface area contributed by atoms with Gasteiger partial charge in [-0.25, -0.2) is 9.13 Å². The predicted molar refractivity (Wildman–Crippen MR) is 358 cm³/mol. The van der Waals surface area contributed by atoms with Crippen LogP contribution in [0.1, 0.15) is 344 Å². The van der Waals surface area contributed by atoms with Crippen LogP contribution in [0.25, 0.3) is 0 Å². The van der Waals surface area contributed by atoms with Gasteiger partial charge in [-0.3, -0.25) is 37.3 Å². The number of esters is 4. The van der Waals surface area contributed by atoms with Crippen molar-refractivity contribution in [3.63, 3.8) is 0 Å². The molecule has 19 heteroatoms. The van der Waals surface area contributed by atoms with Crippen LogP contribution in [0, 0.1) is 23.7 Å². The third kappa shape index (κ3) is 64.6. The Hall–Kier alpha value is -1.94. The fourth-order valence-electron chi connectivity index (χ4n) is 10.5. The van der Waals surface area contributed by atoms with Crippen molar-refractivity contribution in [1.29, 1.82) is 0 Å². The van der Waals surface area contributed by atoms with Crippen molar-refractivity contribution in [2.24, 2.45) is 23.7 Å². The lowest BCUT2D eigenvalue weighted by Crippen LogP contribution is -2.30. The van der Waals surface area contributed by atoms with Crippen molar-refractivity contribution in [1.82, 2.24) is 0 Å². The maximum atomic E-state index is 13.0. The van der Waals surface area contributed by atoms with Crippen molar-refractivity contribution < 1.29 is 80.2 Å². The van der Waals surface area contributed by atoms with E-state index in [2.05, 4.69) is 55.4 Å². The zero-order valence-corrected chi connectivity index (χ0v) is 59.8. The highest BCUT2D eigenvalue weighted by Gasteiger charge is 2.30. The van der Waals surface area contributed by atoms with Gasteiger partial charge in [0.05, 0.1) is 26.4 Å². The van der Waals surface area contributed by atoms with Gasteiger partial charge in [-0.1, -0.05) is 293 Å². The van der Waals surface area contributed by atoms with Crippen LogP contribution in [0.4, 0.5) is 0 Å². The molecule has 0 aromatic heterocycles. The van der Waals surface area contributed by atoms with Crippen LogP contribution in [0.15, 0.2) is 0 Å². The molecule has 0 amide bonds. The highest BCUT2D eigenvalue weighted by atomic mass is 31.2. The van der Waals surface area contributed by atoms with Gasteiger partial charge < -0.3 is 33.8 Å². The average molecular weight is 1310 g/mol. The summed E-state index contributed by atoms with van der Waals surface area (Å²) < 4.78 is 68.2. The summed E-state index contributed by atoms with van der Waals surface area (Å²) in [5.74, 6) is 0.789. The quantitative estimate of drug-likeness (QED) is 0.0222. The first-order valence-electron chi connectivity index (χ1n) is 36.2. The Morgan fingerprint density at radius 2 is 0.472 bits per heavy atom. The fraction of sp³-hybridized carbons (Fsp3) is 0.943. The van der Waals surface area contributed by atoms with Crippen LogP contribution in [-0.4, -0.2) is 96.7 Å². The van der Waals surface area contributed by atoms with Crippen molar-refractivity contribution >= 4 is 39.5 Å². The summed E-state index contributed by atoms with van der Waals surface area (Å²) in [6.07, 6.45) is 42.0. The Morgan fingerprint density at radius 3 is 0.697 bits per heavy atom. The van der Waals surface area contributed by atoms with Crippen LogP contribution in [0.2, 0.25) is 0 Å². The Labute approximate surface area is 543 Å². The predicted octanol–water partition coefficient (Wildman–Crippen LogP) is 19.7. The van der Waals surface area contributed by atoms with E-state index in [0.29, 0.717) is 37.5 Å². The Kier molecular flexibility index (Phi) is 58.5. The molecule has 0 aromatic carbocycles. The minimum atomic E-state index is -4.95. The summed E-state index contributed by atoms with van der Waals surface area (Å²) >= 11 is 0. The number of unbranched alkanes of at least 4 members (excludes halogenated alkanes) is 33. The van der Waals surface area contributed by atoms with Gasteiger partial charge in [-0.15, -0.1) is 0 Å². The van der Waals surface area contributed by atoms with E-state index in [1.165, 1.54) is 135 Å². The number of aliphatic hydroxyl groups is 1. The zero-order chi connectivity index (χ0) is 66.1. The molecule has 17 nitrogen and oxygen atoms in total. The Balaban J connectivity index is 5.21. The molecule has 0 fully saturated rings. The second-order valence-corrected chi connectivity index (χ2v) is 30.1. The van der Waals surface area contributed by atoms with Gasteiger partial charge in [-0.05, 0) is 49.4 Å². The standard InChI is InChI=1S/C70H136O17P2/c1-60(2)46-38-30-22-18-14-10-9-11-16-20-24-36-44-52-69(74)86-65(56-80-67(72)50-42-34-28-26-32-40-48-62(5)6)58-84-88(76,77)82-54-64(71)55-83-89(78,79)85-59-66(57-81-68(73)51-43-35-29-27-33-41-49-63(7)8)87-70(75)53-45-37-25-21-17-13-12-15-19-23-31-39-47-61(3)4/h60-66,71H,9-59H2,1-8H3,(H,76,77)(H,78,79)/t64-,65+,66+/m0/s1. The maximum absolute atomic E-state index is 13.0. The number of carbonyl (C=O) groups is 4. The summed E-state index contributed by atoms with van der Waals surface area (Å²) in [5.41, 5.74) is 0. The van der Waals surface area contributed by atoms with Crippen LogP contribution < -0.4 is 0 Å². The molecular formula is C70H136O17P2. The van der Waals surface area contributed by atoms with Crippen LogP contribution in [0.5, 0.6) is 0 Å². The molecule has 528 valence electrons. The van der Waals surface area contributed by atoms with Crippen LogP contribution >= 0.6 is 15.6 Å². The molecular weight excluding hydrogens is 1170 g/mol. The molecule has 0 saturated carbocycles. The molecule has 0 bridgehead atoms. The molecule has 0 aromatic rings. The number of hydrogen-bond acceptors (Lipinski definition) is 15. The molecule has 2 unspecified atom stereocenters. The molecule has 0 spiro atoms. The van der Waals surface area contributed by atoms with Crippen LogP contribution in [-0.2, 0) is 65.4 Å². The van der Waals surface area contributed by atoms with E-state index in [9.17, 15) is 43.2 Å². The normalized spacial score (nSPS) is 14.3. The highest BCUT2D eigenvalue weighted by Crippen LogP contribution is 2.45. The largest absolute Gasteiger partial charge is 0.472 e. The molecule has 89 heavy (non-hydrogen) atoms. The lowest BCUT2D eigenvalue weighted by Gasteiger charge is -2.21. The molecule has 5 atom stereocenters. The van der Waals surface area contributed by atoms with Crippen LogP contribution in [0.3, 0.4) is 0 Å². The summed E-state index contributed by atoms with van der Waals surface area (Å²) in [7, 11) is -9.90. The molecule has 3 N–H and O–H groups in total. The molecule has 0 rings (SSSR count). The topological polar surface area (TPSA) is 237 Å². The second kappa shape index (κ2) is 59.8. The lowest BCUT2D eigenvalue weighted by atomic mass is 10.0. The smallest absolute Gasteiger partial charge is 0.462 e. The summed E-state index contributed by atoms with van der Waals surface area (Å²) in [6.45, 7) is 14.0. The third-order valence-corrected chi connectivity index (χ3v) is 18.0. The van der Waals surface area contributed by atoms with E-state index in [0.717, 1.165) is 115 Å². The van der Waals surface area contributed by atoms with Gasteiger partial charge in [0.25, 0.3) is 0 Å². The number of phosphoric ester groups is 2. The van der Waals surface area contributed by atoms with Crippen molar-refractivity contribution in [2.45, 2.75) is 363 Å². The first kappa shape index (κ1) is 87.1. The minimum Gasteiger partial charge on any atom is -0.462 e. The maximum Gasteiger partial charge on any atom is 0.472 e. The number of rotatable bonds is 67.